The number of benzene rings is 4. The highest BCUT2D eigenvalue weighted by atomic mass is 35.5. The fourth-order valence-corrected chi connectivity index (χ4v) is 17.8. The predicted octanol–water partition coefficient (Wildman–Crippen LogP) is 24.0. The molecule has 6 fully saturated rings. The van der Waals surface area contributed by atoms with Crippen molar-refractivity contribution in [3.63, 3.8) is 0 Å². The Hall–Kier alpha value is -2.94. The number of anilines is 4. The molecule has 4 atom stereocenters. The first kappa shape index (κ1) is 50.4. The van der Waals surface area contributed by atoms with Crippen LogP contribution in [0.2, 0.25) is 10.0 Å². The van der Waals surface area contributed by atoms with E-state index in [2.05, 4.69) is 129 Å². The normalized spacial score (nSPS) is 29.1. The zero-order valence-electron chi connectivity index (χ0n) is 60.0. The summed E-state index contributed by atoms with van der Waals surface area (Å²) < 4.78 is 78.9. The molecule has 438 valence electrons. The van der Waals surface area contributed by atoms with Gasteiger partial charge in [0, 0.05) is 44.9 Å². The van der Waals surface area contributed by atoms with Gasteiger partial charge in [-0.15, -0.1) is 0 Å². The molecule has 0 amide bonds. The lowest BCUT2D eigenvalue weighted by molar-refractivity contribution is 0.0144. The van der Waals surface area contributed by atoms with Gasteiger partial charge in [-0.25, -0.2) is 0 Å². The molecule has 0 aliphatic heterocycles. The van der Waals surface area contributed by atoms with Crippen LogP contribution in [0.1, 0.15) is 259 Å². The molecule has 4 unspecified atom stereocenters. The van der Waals surface area contributed by atoms with Crippen LogP contribution >= 0.6 is 23.2 Å². The van der Waals surface area contributed by atoms with Crippen LogP contribution in [-0.2, 0) is 10.8 Å². The van der Waals surface area contributed by atoms with Gasteiger partial charge in [0.15, 0.2) is 0 Å². The minimum Gasteiger partial charge on any atom is -0.338 e. The van der Waals surface area contributed by atoms with Crippen LogP contribution < -0.4 is 9.80 Å². The average Bonchev–Trinajstić information content (AvgIpc) is 0.817. The van der Waals surface area contributed by atoms with Crippen LogP contribution in [0.4, 0.5) is 22.7 Å². The fourth-order valence-electron chi connectivity index (χ4n) is 17.5. The topological polar surface area (TPSA) is 6.48 Å². The summed E-state index contributed by atoms with van der Waals surface area (Å²) >= 11 is 14.6. The van der Waals surface area contributed by atoms with Crippen molar-refractivity contribution in [1.29, 1.82) is 0 Å². The molecule has 6 aliphatic rings. The van der Waals surface area contributed by atoms with Crippen LogP contribution in [0.5, 0.6) is 0 Å². The summed E-state index contributed by atoms with van der Waals surface area (Å²) in [6.07, 6.45) is 27.3. The molecule has 4 aromatic rings. The molecule has 4 heteroatoms. The Morgan fingerprint density at radius 3 is 0.963 bits per heavy atom. The van der Waals surface area contributed by atoms with E-state index < -0.39 is 0 Å². The molecule has 0 spiro atoms. The molecule has 6 saturated carbocycles. The third kappa shape index (κ3) is 13.7. The standard InChI is InChI=1S/C76H110Cl2N2/c1-73(2,3)57-39-55(40-58(43-57)74(4,5)6)56-41-65(79(63-37-25-35-61(77)48-63)71-67(51-27-17-13-18-28-51)44-59(75(7,8)9)45-68(71)52-29-19-14-20-30-52)50-66(42-56)80(64-38-26-36-62(78)49-64)72-69(53-31-21-15-22-32-53)46-60(76(10,11)12)47-70(72)54-33-23-16-24-34-54/h25-26,35-43,48-54,59-60,67-72H,13-24,27-34,44-47H2,1-12H3/i25D,26D,35D,36D,37D,38D,48D,49D. The second kappa shape index (κ2) is 24.9. The summed E-state index contributed by atoms with van der Waals surface area (Å²) in [7, 11) is 0. The van der Waals surface area contributed by atoms with Gasteiger partial charge in [0.2, 0.25) is 0 Å². The summed E-state index contributed by atoms with van der Waals surface area (Å²) in [5.74, 6) is 3.24. The molecular formula is C76H110Cl2N2. The second-order valence-corrected chi connectivity index (χ2v) is 32.2. The van der Waals surface area contributed by atoms with Crippen LogP contribution in [0.15, 0.2) is 84.7 Å². The zero-order valence-corrected chi connectivity index (χ0v) is 53.5. The smallest absolute Gasteiger partial charge is 0.0661 e. The number of hydrogen-bond acceptors (Lipinski definition) is 2. The monoisotopic (exact) mass is 1130 g/mol. The van der Waals surface area contributed by atoms with Gasteiger partial charge in [-0.05, 0) is 183 Å². The van der Waals surface area contributed by atoms with Crippen molar-refractivity contribution in [2.75, 3.05) is 9.80 Å². The van der Waals surface area contributed by atoms with Crippen LogP contribution in [0, 0.1) is 70.0 Å². The van der Waals surface area contributed by atoms with Crippen LogP contribution in [0.25, 0.3) is 11.1 Å². The van der Waals surface area contributed by atoms with E-state index in [0.717, 1.165) is 99.6 Å². The molecule has 2 nitrogen and oxygen atoms in total. The zero-order chi connectivity index (χ0) is 63.7. The Kier molecular flexibility index (Phi) is 15.7. The Morgan fingerprint density at radius 1 is 0.375 bits per heavy atom. The molecule has 10 rings (SSSR count). The van der Waals surface area contributed by atoms with E-state index in [1.807, 2.05) is 0 Å². The first-order valence-corrected chi connectivity index (χ1v) is 33.5. The maximum atomic E-state index is 10.3. The summed E-state index contributed by atoms with van der Waals surface area (Å²) in [5.41, 5.74) is 6.23. The average molecular weight is 1130 g/mol. The summed E-state index contributed by atoms with van der Waals surface area (Å²) in [5, 5.41) is -0.212. The SMILES string of the molecule is [2H]c1c([2H])c(Cl)c([2H])c(N(c2cc(-c3cc(C(C)(C)C)cc(C(C)(C)C)c3)cc(N(c3c([2H])c([2H])c([2H])c(Cl)c3[2H])C3C(C4CCCCC4)CC(C(C)(C)C)CC3C3CCCCC3)c2)C2C(C3CCCCC3)CC(C(C)(C)C)CC2C2CCCCC2)c1[2H]. The van der Waals surface area contributed by atoms with Crippen molar-refractivity contribution >= 4 is 46.0 Å². The Balaban J connectivity index is 1.39. The maximum absolute atomic E-state index is 10.3. The van der Waals surface area contributed by atoms with Crippen molar-refractivity contribution in [3.8, 4) is 11.1 Å². The van der Waals surface area contributed by atoms with E-state index in [4.69, 9.17) is 23.2 Å². The molecule has 6 aliphatic carbocycles. The predicted molar refractivity (Wildman–Crippen MR) is 349 cm³/mol. The largest absolute Gasteiger partial charge is 0.338 e. The lowest BCUT2D eigenvalue weighted by Gasteiger charge is -2.56. The van der Waals surface area contributed by atoms with Crippen LogP contribution in [-0.4, -0.2) is 12.1 Å². The van der Waals surface area contributed by atoms with Crippen molar-refractivity contribution in [2.45, 2.75) is 260 Å². The van der Waals surface area contributed by atoms with Gasteiger partial charge in [0.05, 0.1) is 11.0 Å². The molecule has 0 heterocycles. The van der Waals surface area contributed by atoms with Crippen molar-refractivity contribution < 1.29 is 11.0 Å². The molecule has 0 radical (unpaired) electrons. The van der Waals surface area contributed by atoms with Gasteiger partial charge < -0.3 is 9.80 Å². The molecule has 0 N–H and O–H groups in total. The first-order chi connectivity index (χ1) is 41.4. The van der Waals surface area contributed by atoms with Gasteiger partial charge in [-0.1, -0.05) is 265 Å². The quantitative estimate of drug-likeness (QED) is 0.148. The maximum Gasteiger partial charge on any atom is 0.0661 e. The molecule has 0 bridgehead atoms. The van der Waals surface area contributed by atoms with Crippen molar-refractivity contribution in [1.82, 2.24) is 0 Å². The number of hydrogen-bond donors (Lipinski definition) is 0. The number of nitrogens with zero attached hydrogens (tertiary/aromatic N) is 2. The van der Waals surface area contributed by atoms with Gasteiger partial charge in [-0.3, -0.25) is 0 Å². The second-order valence-electron chi connectivity index (χ2n) is 31.4. The highest BCUT2D eigenvalue weighted by Crippen LogP contribution is 2.58. The molecule has 80 heavy (non-hydrogen) atoms. The first-order valence-electron chi connectivity index (χ1n) is 36.8. The fraction of sp³-hybridized carbons (Fsp3) is 0.684. The van der Waals surface area contributed by atoms with E-state index in [1.165, 1.54) is 88.2 Å². The van der Waals surface area contributed by atoms with Gasteiger partial charge >= 0.3 is 0 Å². The van der Waals surface area contributed by atoms with Gasteiger partial charge in [0.25, 0.3) is 0 Å². The lowest BCUT2D eigenvalue weighted by Crippen LogP contribution is -2.54. The Morgan fingerprint density at radius 2 is 0.675 bits per heavy atom. The minimum absolute atomic E-state index is 0.0436. The van der Waals surface area contributed by atoms with Crippen molar-refractivity contribution in [3.05, 3.63) is 106 Å². The Bertz CT molecular complexity index is 2790. The summed E-state index contributed by atoms with van der Waals surface area (Å²) in [6, 6.07) is 12.1. The van der Waals surface area contributed by atoms with Gasteiger partial charge in [0.1, 0.15) is 0 Å². The molecule has 0 aromatic heterocycles. The third-order valence-electron chi connectivity index (χ3n) is 22.2. The lowest BCUT2D eigenvalue weighted by atomic mass is 9.55. The highest BCUT2D eigenvalue weighted by molar-refractivity contribution is 6.31. The van der Waals surface area contributed by atoms with Crippen molar-refractivity contribution in [2.24, 2.45) is 70.0 Å². The summed E-state index contributed by atoms with van der Waals surface area (Å²) in [6.45, 7) is 28.3. The van der Waals surface area contributed by atoms with E-state index in [-0.39, 0.29) is 116 Å². The van der Waals surface area contributed by atoms with E-state index in [0.29, 0.717) is 46.9 Å². The number of rotatable bonds is 11. The summed E-state index contributed by atoms with van der Waals surface area (Å²) in [4.78, 5) is 4.78. The van der Waals surface area contributed by atoms with E-state index in [9.17, 15) is 11.0 Å². The number of halogens is 2. The molecule has 0 saturated heterocycles. The van der Waals surface area contributed by atoms with E-state index >= 15 is 0 Å². The minimum atomic E-state index is -0.293. The third-order valence-corrected chi connectivity index (χ3v) is 22.5. The van der Waals surface area contributed by atoms with Gasteiger partial charge in [-0.2, -0.15) is 0 Å². The van der Waals surface area contributed by atoms with Crippen LogP contribution in [0.3, 0.4) is 0 Å². The Labute approximate surface area is 511 Å². The van der Waals surface area contributed by atoms with E-state index in [1.54, 1.807) is 0 Å². The highest BCUT2D eigenvalue weighted by Gasteiger charge is 2.52. The molecule has 4 aromatic carbocycles. The molecular weight excluding hydrogens is 1010 g/mol.